The van der Waals surface area contributed by atoms with E-state index in [4.69, 9.17) is 0 Å². The van der Waals surface area contributed by atoms with Crippen molar-refractivity contribution in [1.82, 2.24) is 15.6 Å². The second-order valence-electron chi connectivity index (χ2n) is 6.19. The van der Waals surface area contributed by atoms with Crippen molar-refractivity contribution in [1.29, 1.82) is 0 Å². The van der Waals surface area contributed by atoms with Gasteiger partial charge in [-0.25, -0.2) is 4.98 Å². The first-order chi connectivity index (χ1) is 12.5. The van der Waals surface area contributed by atoms with Gasteiger partial charge in [0.1, 0.15) is 5.01 Å². The number of aromatic nitrogens is 1. The van der Waals surface area contributed by atoms with Crippen molar-refractivity contribution in [3.63, 3.8) is 0 Å². The molecule has 3 N–H and O–H groups in total. The van der Waals surface area contributed by atoms with E-state index >= 15 is 0 Å². The van der Waals surface area contributed by atoms with Crippen LogP contribution in [-0.2, 0) is 24.3 Å². The maximum atomic E-state index is 11.7. The van der Waals surface area contributed by atoms with Crippen LogP contribution in [-0.4, -0.2) is 23.9 Å². The van der Waals surface area contributed by atoms with Gasteiger partial charge in [0.05, 0.1) is 6.54 Å². The van der Waals surface area contributed by atoms with E-state index in [0.717, 1.165) is 28.6 Å². The molecule has 1 aromatic carbocycles. The number of hydrogen-bond acceptors (Lipinski definition) is 4. The minimum atomic E-state index is -0.0306. The Morgan fingerprint density at radius 2 is 1.85 bits per heavy atom. The van der Waals surface area contributed by atoms with E-state index < -0.39 is 0 Å². The summed E-state index contributed by atoms with van der Waals surface area (Å²) in [6.45, 7) is 7.19. The number of benzene rings is 1. The molecule has 0 atom stereocenters. The van der Waals surface area contributed by atoms with Gasteiger partial charge in [-0.3, -0.25) is 9.79 Å². The molecule has 0 aliphatic rings. The zero-order chi connectivity index (χ0) is 18.9. The zero-order valence-corrected chi connectivity index (χ0v) is 19.4. The number of aliphatic imine (C=N–C) groups is 1. The number of nitrogens with one attached hydrogen (secondary N) is 3. The van der Waals surface area contributed by atoms with Crippen molar-refractivity contribution in [2.45, 2.75) is 40.3 Å². The number of rotatable bonds is 7. The molecule has 0 aliphatic carbocycles. The van der Waals surface area contributed by atoms with Gasteiger partial charge in [0.15, 0.2) is 5.96 Å². The van der Waals surface area contributed by atoms with Crippen molar-refractivity contribution in [3.05, 3.63) is 45.9 Å². The fraction of sp³-hybridized carbons (Fsp3) is 0.421. The number of hydrogen-bond donors (Lipinski definition) is 3. The first kappa shape index (κ1) is 23.4. The van der Waals surface area contributed by atoms with Crippen LogP contribution in [0.4, 0.5) is 5.69 Å². The molecule has 0 radical (unpaired) electrons. The Morgan fingerprint density at radius 1 is 1.19 bits per heavy atom. The van der Waals surface area contributed by atoms with Gasteiger partial charge >= 0.3 is 0 Å². The van der Waals surface area contributed by atoms with Crippen LogP contribution >= 0.6 is 35.3 Å². The molecule has 0 spiro atoms. The van der Waals surface area contributed by atoms with Crippen LogP contribution in [0, 0.1) is 5.92 Å². The summed E-state index contributed by atoms with van der Waals surface area (Å²) in [7, 11) is 1.75. The molecule has 0 fully saturated rings. The summed E-state index contributed by atoms with van der Waals surface area (Å²) in [5.74, 6) is 0.723. The molecule has 0 unspecified atom stereocenters. The molecule has 6 nitrogen and oxygen atoms in total. The lowest BCUT2D eigenvalue weighted by molar-refractivity contribution is -0.118. The van der Waals surface area contributed by atoms with Gasteiger partial charge in [0.25, 0.3) is 0 Å². The number of halogens is 1. The van der Waals surface area contributed by atoms with E-state index in [1.165, 1.54) is 4.88 Å². The number of amides is 1. The lowest BCUT2D eigenvalue weighted by Crippen LogP contribution is -2.36. The number of aryl methyl sites for hydroxylation is 1. The normalized spacial score (nSPS) is 11.1. The highest BCUT2D eigenvalue weighted by atomic mass is 127. The zero-order valence-electron chi connectivity index (χ0n) is 16.2. The molecule has 0 bridgehead atoms. The second-order valence-corrected chi connectivity index (χ2v) is 7.39. The molecule has 0 saturated heterocycles. The monoisotopic (exact) mass is 501 g/mol. The standard InChI is InChI=1S/C19H27N5OS.HI/c1-5-16-11-21-17(26-16)12-23-19(20-4)22-10-14-6-8-15(9-7-14)24-18(25)13(2)3;/h6-9,11,13H,5,10,12H2,1-4H3,(H,24,25)(H2,20,22,23);1H. The summed E-state index contributed by atoms with van der Waals surface area (Å²) in [5, 5.41) is 10.5. The topological polar surface area (TPSA) is 78.4 Å². The Bertz CT molecular complexity index is 743. The highest BCUT2D eigenvalue weighted by molar-refractivity contribution is 14.0. The maximum absolute atomic E-state index is 11.7. The van der Waals surface area contributed by atoms with E-state index in [0.29, 0.717) is 13.1 Å². The predicted molar refractivity (Wildman–Crippen MR) is 124 cm³/mol. The highest BCUT2D eigenvalue weighted by Crippen LogP contribution is 2.13. The summed E-state index contributed by atoms with van der Waals surface area (Å²) < 4.78 is 0. The molecule has 8 heteroatoms. The molecule has 1 aromatic heterocycles. The summed E-state index contributed by atoms with van der Waals surface area (Å²) in [6, 6.07) is 7.81. The lowest BCUT2D eigenvalue weighted by Gasteiger charge is -2.12. The summed E-state index contributed by atoms with van der Waals surface area (Å²) >= 11 is 1.72. The quantitative estimate of drug-likeness (QED) is 0.307. The van der Waals surface area contributed by atoms with Crippen molar-refractivity contribution in [3.8, 4) is 0 Å². The van der Waals surface area contributed by atoms with Gasteiger partial charge in [0.2, 0.25) is 5.91 Å². The van der Waals surface area contributed by atoms with Crippen molar-refractivity contribution in [2.24, 2.45) is 10.9 Å². The minimum Gasteiger partial charge on any atom is -0.352 e. The average molecular weight is 501 g/mol. The highest BCUT2D eigenvalue weighted by Gasteiger charge is 2.07. The van der Waals surface area contributed by atoms with Crippen LogP contribution in [0.15, 0.2) is 35.5 Å². The van der Waals surface area contributed by atoms with Crippen LogP contribution in [0.5, 0.6) is 0 Å². The first-order valence-corrected chi connectivity index (χ1v) is 9.61. The van der Waals surface area contributed by atoms with Crippen LogP contribution in [0.3, 0.4) is 0 Å². The van der Waals surface area contributed by atoms with E-state index in [-0.39, 0.29) is 35.8 Å². The van der Waals surface area contributed by atoms with Crippen molar-refractivity contribution >= 4 is 52.9 Å². The number of anilines is 1. The maximum Gasteiger partial charge on any atom is 0.226 e. The molecule has 148 valence electrons. The Morgan fingerprint density at radius 3 is 2.41 bits per heavy atom. The third kappa shape index (κ3) is 7.84. The number of nitrogens with zero attached hydrogens (tertiary/aromatic N) is 2. The Balaban J connectivity index is 0.00000364. The van der Waals surface area contributed by atoms with E-state index in [1.54, 1.807) is 18.4 Å². The van der Waals surface area contributed by atoms with Gasteiger partial charge in [-0.15, -0.1) is 35.3 Å². The fourth-order valence-corrected chi connectivity index (χ4v) is 2.95. The summed E-state index contributed by atoms with van der Waals surface area (Å²) in [4.78, 5) is 21.6. The molecule has 27 heavy (non-hydrogen) atoms. The Kier molecular flexibility index (Phi) is 10.3. The second kappa shape index (κ2) is 11.9. The van der Waals surface area contributed by atoms with Crippen LogP contribution in [0.1, 0.15) is 36.2 Å². The fourth-order valence-electron chi connectivity index (χ4n) is 2.15. The molecule has 0 aliphatic heterocycles. The largest absolute Gasteiger partial charge is 0.352 e. The number of carbonyl (C=O) groups excluding carboxylic acids is 1. The van der Waals surface area contributed by atoms with Gasteiger partial charge in [-0.2, -0.15) is 0 Å². The Labute approximate surface area is 182 Å². The molecular formula is C19H28IN5OS. The molecule has 1 amide bonds. The van der Waals surface area contributed by atoms with Crippen molar-refractivity contribution in [2.75, 3.05) is 12.4 Å². The van der Waals surface area contributed by atoms with Crippen LogP contribution < -0.4 is 16.0 Å². The van der Waals surface area contributed by atoms with Gasteiger partial charge in [0, 0.05) is 36.3 Å². The Hall–Kier alpha value is -1.68. The van der Waals surface area contributed by atoms with E-state index in [9.17, 15) is 4.79 Å². The SMILES string of the molecule is CCc1cnc(CNC(=NC)NCc2ccc(NC(=O)C(C)C)cc2)s1.I. The van der Waals surface area contributed by atoms with Gasteiger partial charge < -0.3 is 16.0 Å². The smallest absolute Gasteiger partial charge is 0.226 e. The van der Waals surface area contributed by atoms with Crippen molar-refractivity contribution < 1.29 is 4.79 Å². The average Bonchev–Trinajstić information content (AvgIpc) is 3.11. The number of guanidine groups is 1. The summed E-state index contributed by atoms with van der Waals surface area (Å²) in [6.07, 6.45) is 2.94. The van der Waals surface area contributed by atoms with Crippen LogP contribution in [0.25, 0.3) is 0 Å². The number of thiazole rings is 1. The first-order valence-electron chi connectivity index (χ1n) is 8.79. The molecular weight excluding hydrogens is 473 g/mol. The van der Waals surface area contributed by atoms with Gasteiger partial charge in [-0.1, -0.05) is 32.9 Å². The summed E-state index contributed by atoms with van der Waals surface area (Å²) in [5.41, 5.74) is 1.92. The number of carbonyl (C=O) groups is 1. The van der Waals surface area contributed by atoms with E-state index in [1.807, 2.05) is 44.3 Å². The minimum absolute atomic E-state index is 0. The third-order valence-corrected chi connectivity index (χ3v) is 4.93. The molecule has 0 saturated carbocycles. The predicted octanol–water partition coefficient (Wildman–Crippen LogP) is 3.78. The molecule has 2 rings (SSSR count). The molecule has 1 heterocycles. The van der Waals surface area contributed by atoms with E-state index in [2.05, 4.69) is 32.9 Å². The van der Waals surface area contributed by atoms with Gasteiger partial charge in [-0.05, 0) is 24.1 Å². The molecule has 2 aromatic rings. The lowest BCUT2D eigenvalue weighted by atomic mass is 10.1. The van der Waals surface area contributed by atoms with Crippen LogP contribution in [0.2, 0.25) is 0 Å². The third-order valence-electron chi connectivity index (χ3n) is 3.79.